The van der Waals surface area contributed by atoms with E-state index in [0.29, 0.717) is 6.04 Å². The van der Waals surface area contributed by atoms with Crippen LogP contribution in [0.5, 0.6) is 5.75 Å². The van der Waals surface area contributed by atoms with Crippen LogP contribution in [-0.2, 0) is 4.79 Å². The monoisotopic (exact) mass is 340 g/mol. The molecular weight excluding hydrogens is 320 g/mol. The molecule has 5 heteroatoms. The van der Waals surface area contributed by atoms with Crippen LogP contribution in [0.3, 0.4) is 0 Å². The first kappa shape index (κ1) is 15.3. The molecule has 0 spiro atoms. The highest BCUT2D eigenvalue weighted by atomic mass is 79.9. The Morgan fingerprint density at radius 3 is 2.65 bits per heavy atom. The van der Waals surface area contributed by atoms with Gasteiger partial charge >= 0.3 is 0 Å². The van der Waals surface area contributed by atoms with Crippen molar-refractivity contribution >= 4 is 21.8 Å². The van der Waals surface area contributed by atoms with E-state index >= 15 is 0 Å². The fourth-order valence-corrected chi connectivity index (χ4v) is 2.61. The third-order valence-corrected chi connectivity index (χ3v) is 4.11. The fraction of sp³-hybridized carbons (Fsp3) is 0.533. The van der Waals surface area contributed by atoms with E-state index in [4.69, 9.17) is 4.74 Å². The lowest BCUT2D eigenvalue weighted by molar-refractivity contribution is -0.123. The molecule has 0 unspecified atom stereocenters. The number of nitrogens with one attached hydrogen (secondary N) is 2. The Labute approximate surface area is 128 Å². The van der Waals surface area contributed by atoms with Gasteiger partial charge in [0.15, 0.2) is 0 Å². The first-order valence-corrected chi connectivity index (χ1v) is 7.70. The maximum atomic E-state index is 11.9. The van der Waals surface area contributed by atoms with Gasteiger partial charge in [-0.05, 0) is 60.3 Å². The molecule has 2 N–H and O–H groups in total. The predicted molar refractivity (Wildman–Crippen MR) is 82.9 cm³/mol. The normalized spacial score (nSPS) is 17.4. The minimum atomic E-state index is -0.202. The van der Waals surface area contributed by atoms with Gasteiger partial charge in [-0.25, -0.2) is 0 Å². The highest BCUT2D eigenvalue weighted by Gasteiger charge is 2.26. The van der Waals surface area contributed by atoms with Crippen LogP contribution >= 0.6 is 15.9 Å². The smallest absolute Gasteiger partial charge is 0.237 e. The molecule has 1 saturated carbocycles. The molecule has 110 valence electrons. The summed E-state index contributed by atoms with van der Waals surface area (Å²) >= 11 is 3.48. The molecule has 20 heavy (non-hydrogen) atoms. The number of rotatable bonds is 6. The number of benzene rings is 1. The largest absolute Gasteiger partial charge is 0.496 e. The number of methoxy groups -OCH3 is 1. The van der Waals surface area contributed by atoms with Crippen LogP contribution in [0.1, 0.15) is 38.3 Å². The van der Waals surface area contributed by atoms with Crippen molar-refractivity contribution in [1.29, 1.82) is 0 Å². The SMILES string of the molecule is COc1ccc([C@H](C)N[C@@H](C)C(=O)NC2CC2)cc1Br. The van der Waals surface area contributed by atoms with E-state index in [1.54, 1.807) is 7.11 Å². The maximum Gasteiger partial charge on any atom is 0.237 e. The Bertz CT molecular complexity index is 489. The average Bonchev–Trinajstić information content (AvgIpc) is 3.22. The number of hydrogen-bond donors (Lipinski definition) is 2. The van der Waals surface area contributed by atoms with Crippen molar-refractivity contribution in [3.05, 3.63) is 28.2 Å². The van der Waals surface area contributed by atoms with E-state index in [9.17, 15) is 4.79 Å². The first-order chi connectivity index (χ1) is 9.51. The molecule has 0 radical (unpaired) electrons. The van der Waals surface area contributed by atoms with E-state index in [1.165, 1.54) is 0 Å². The molecule has 0 saturated heterocycles. The van der Waals surface area contributed by atoms with Crippen molar-refractivity contribution in [3.8, 4) is 5.75 Å². The second-order valence-corrected chi connectivity index (χ2v) is 6.14. The van der Waals surface area contributed by atoms with Gasteiger partial charge in [0.25, 0.3) is 0 Å². The highest BCUT2D eigenvalue weighted by molar-refractivity contribution is 9.10. The molecule has 1 aromatic rings. The van der Waals surface area contributed by atoms with E-state index in [1.807, 2.05) is 25.1 Å². The van der Waals surface area contributed by atoms with Gasteiger partial charge in [0.05, 0.1) is 17.6 Å². The van der Waals surface area contributed by atoms with E-state index in [2.05, 4.69) is 33.5 Å². The third-order valence-electron chi connectivity index (χ3n) is 3.49. The topological polar surface area (TPSA) is 50.4 Å². The van der Waals surface area contributed by atoms with Crippen LogP contribution in [0.15, 0.2) is 22.7 Å². The van der Waals surface area contributed by atoms with Crippen molar-refractivity contribution in [2.75, 3.05) is 7.11 Å². The molecule has 1 aliphatic rings. The van der Waals surface area contributed by atoms with Gasteiger partial charge in [-0.2, -0.15) is 0 Å². The summed E-state index contributed by atoms with van der Waals surface area (Å²) in [5.41, 5.74) is 1.11. The molecule has 0 aromatic heterocycles. The molecule has 2 rings (SSSR count). The van der Waals surface area contributed by atoms with Crippen molar-refractivity contribution in [1.82, 2.24) is 10.6 Å². The number of amides is 1. The summed E-state index contributed by atoms with van der Waals surface area (Å²) < 4.78 is 6.14. The van der Waals surface area contributed by atoms with Gasteiger partial charge in [-0.1, -0.05) is 6.07 Å². The number of halogens is 1. The predicted octanol–water partition coefficient (Wildman–Crippen LogP) is 2.78. The quantitative estimate of drug-likeness (QED) is 0.837. The van der Waals surface area contributed by atoms with Crippen LogP contribution in [0, 0.1) is 0 Å². The van der Waals surface area contributed by atoms with Gasteiger partial charge < -0.3 is 10.1 Å². The molecule has 0 aliphatic heterocycles. The van der Waals surface area contributed by atoms with Gasteiger partial charge in [0.1, 0.15) is 5.75 Å². The fourth-order valence-electron chi connectivity index (χ4n) is 2.05. The molecular formula is C15H21BrN2O2. The molecule has 2 atom stereocenters. The zero-order valence-corrected chi connectivity index (χ0v) is 13.7. The molecule has 1 aromatic carbocycles. The number of carbonyl (C=O) groups is 1. The second-order valence-electron chi connectivity index (χ2n) is 5.29. The summed E-state index contributed by atoms with van der Waals surface area (Å²) in [6, 6.07) is 6.24. The summed E-state index contributed by atoms with van der Waals surface area (Å²) in [7, 11) is 1.64. The van der Waals surface area contributed by atoms with Crippen molar-refractivity contribution in [3.63, 3.8) is 0 Å². The molecule has 1 fully saturated rings. The zero-order valence-electron chi connectivity index (χ0n) is 12.1. The minimum Gasteiger partial charge on any atom is -0.496 e. The first-order valence-electron chi connectivity index (χ1n) is 6.91. The van der Waals surface area contributed by atoms with Crippen molar-refractivity contribution in [2.24, 2.45) is 0 Å². The van der Waals surface area contributed by atoms with E-state index in [0.717, 1.165) is 28.6 Å². The summed E-state index contributed by atoms with van der Waals surface area (Å²) in [6.07, 6.45) is 2.22. The minimum absolute atomic E-state index is 0.0759. The molecule has 1 amide bonds. The van der Waals surface area contributed by atoms with Crippen LogP contribution in [0.4, 0.5) is 0 Å². The Morgan fingerprint density at radius 1 is 1.40 bits per heavy atom. The van der Waals surface area contributed by atoms with Gasteiger partial charge in [-0.15, -0.1) is 0 Å². The number of hydrogen-bond acceptors (Lipinski definition) is 3. The summed E-state index contributed by atoms with van der Waals surface area (Å²) in [5, 5.41) is 6.33. The lowest BCUT2D eigenvalue weighted by Crippen LogP contribution is -2.43. The standard InChI is InChI=1S/C15H21BrN2O2/c1-9(11-4-7-14(20-3)13(16)8-11)17-10(2)15(19)18-12-5-6-12/h4,7-10,12,17H,5-6H2,1-3H3,(H,18,19)/t9-,10-/m0/s1. The van der Waals surface area contributed by atoms with Crippen LogP contribution < -0.4 is 15.4 Å². The lowest BCUT2D eigenvalue weighted by Gasteiger charge is -2.20. The number of carbonyl (C=O) groups excluding carboxylic acids is 1. The van der Waals surface area contributed by atoms with Crippen molar-refractivity contribution in [2.45, 2.75) is 44.8 Å². The van der Waals surface area contributed by atoms with Crippen molar-refractivity contribution < 1.29 is 9.53 Å². The van der Waals surface area contributed by atoms with E-state index in [-0.39, 0.29) is 18.0 Å². The second kappa shape index (κ2) is 6.59. The summed E-state index contributed by atoms with van der Waals surface area (Å²) in [4.78, 5) is 11.9. The highest BCUT2D eigenvalue weighted by Crippen LogP contribution is 2.28. The Kier molecular flexibility index (Phi) is 5.05. The molecule has 1 aliphatic carbocycles. The summed E-state index contributed by atoms with van der Waals surface area (Å²) in [5.74, 6) is 0.882. The average molecular weight is 341 g/mol. The van der Waals surface area contributed by atoms with Gasteiger partial charge in [0.2, 0.25) is 5.91 Å². The third kappa shape index (κ3) is 3.96. The maximum absolute atomic E-state index is 11.9. The Hall–Kier alpha value is -1.07. The lowest BCUT2D eigenvalue weighted by atomic mass is 10.1. The molecule has 0 heterocycles. The van der Waals surface area contributed by atoms with Crippen LogP contribution in [-0.4, -0.2) is 25.1 Å². The zero-order chi connectivity index (χ0) is 14.7. The summed E-state index contributed by atoms with van der Waals surface area (Å²) in [6.45, 7) is 3.95. The van der Waals surface area contributed by atoms with E-state index < -0.39 is 0 Å². The Balaban J connectivity index is 1.94. The van der Waals surface area contributed by atoms with Gasteiger partial charge in [0, 0.05) is 12.1 Å². The van der Waals surface area contributed by atoms with Crippen LogP contribution in [0.2, 0.25) is 0 Å². The number of ether oxygens (including phenoxy) is 1. The van der Waals surface area contributed by atoms with Gasteiger partial charge in [-0.3, -0.25) is 10.1 Å². The Morgan fingerprint density at radius 2 is 2.10 bits per heavy atom. The molecule has 4 nitrogen and oxygen atoms in total. The van der Waals surface area contributed by atoms with Crippen LogP contribution in [0.25, 0.3) is 0 Å². The molecule has 0 bridgehead atoms.